The Bertz CT molecular complexity index is 311. The summed E-state index contributed by atoms with van der Waals surface area (Å²) in [6.07, 6.45) is 6.69. The topological polar surface area (TPSA) is 0 Å². The van der Waals surface area contributed by atoms with Crippen LogP contribution >= 0.6 is 9.19 Å². The molecular weight excluding hydrogens is 439 g/mol. The SMILES string of the molecule is CC[N+](CC)(CC)CC.[C-]#Cc1ccccc1.[Cl][Au]. The van der Waals surface area contributed by atoms with Gasteiger partial charge in [0.1, 0.15) is 0 Å². The molecule has 0 saturated heterocycles. The van der Waals surface area contributed by atoms with Crippen molar-refractivity contribution in [2.24, 2.45) is 0 Å². The van der Waals surface area contributed by atoms with Crippen LogP contribution < -0.4 is 0 Å². The summed E-state index contributed by atoms with van der Waals surface area (Å²) >= 11 is 1.75. The van der Waals surface area contributed by atoms with Crippen LogP contribution in [0.2, 0.25) is 0 Å². The molecule has 0 atom stereocenters. The third kappa shape index (κ3) is 9.32. The third-order valence-electron chi connectivity index (χ3n) is 3.60. The van der Waals surface area contributed by atoms with E-state index in [0.717, 1.165) is 5.56 Å². The van der Waals surface area contributed by atoms with Gasteiger partial charge in [0.2, 0.25) is 0 Å². The van der Waals surface area contributed by atoms with Crippen molar-refractivity contribution in [3.8, 4) is 5.92 Å². The van der Waals surface area contributed by atoms with E-state index in [0.29, 0.717) is 0 Å². The molecule has 112 valence electrons. The van der Waals surface area contributed by atoms with E-state index >= 15 is 0 Å². The Hall–Kier alpha value is -0.230. The first kappa shape index (κ1) is 21.1. The molecule has 0 radical (unpaired) electrons. The monoisotopic (exact) mass is 463 g/mol. The molecule has 1 aromatic rings. The zero-order chi connectivity index (χ0) is 15.1. The molecule has 0 fully saturated rings. The molecule has 1 nitrogen and oxygen atoms in total. The summed E-state index contributed by atoms with van der Waals surface area (Å²) in [5.74, 6) is 2.28. The molecule has 19 heavy (non-hydrogen) atoms. The number of halogens is 1. The Morgan fingerprint density at radius 2 is 1.32 bits per heavy atom. The molecule has 0 saturated carbocycles. The molecule has 0 aliphatic rings. The zero-order valence-electron chi connectivity index (χ0n) is 12.3. The van der Waals surface area contributed by atoms with Crippen LogP contribution in [-0.2, 0) is 20.0 Å². The molecule has 1 aromatic carbocycles. The molecule has 0 unspecified atom stereocenters. The van der Waals surface area contributed by atoms with Gasteiger partial charge in [-0.2, -0.15) is 0 Å². The van der Waals surface area contributed by atoms with Gasteiger partial charge in [0, 0.05) is 0 Å². The Labute approximate surface area is 135 Å². The van der Waals surface area contributed by atoms with E-state index in [9.17, 15) is 0 Å². The van der Waals surface area contributed by atoms with E-state index in [1.165, 1.54) is 30.7 Å². The molecule has 0 aliphatic heterocycles. The van der Waals surface area contributed by atoms with Crippen LogP contribution in [-0.4, -0.2) is 30.7 Å². The van der Waals surface area contributed by atoms with E-state index in [-0.39, 0.29) is 0 Å². The van der Waals surface area contributed by atoms with Gasteiger partial charge in [-0.3, -0.25) is 5.92 Å². The van der Waals surface area contributed by atoms with E-state index < -0.39 is 0 Å². The van der Waals surface area contributed by atoms with E-state index in [1.54, 1.807) is 20.0 Å². The molecule has 0 heterocycles. The third-order valence-corrected chi connectivity index (χ3v) is 3.60. The van der Waals surface area contributed by atoms with Crippen molar-refractivity contribution in [2.75, 3.05) is 26.2 Å². The average molecular weight is 464 g/mol. The number of hydrogen-bond donors (Lipinski definition) is 0. The first-order valence-electron chi connectivity index (χ1n) is 6.62. The van der Waals surface area contributed by atoms with Gasteiger partial charge >= 0.3 is 29.2 Å². The summed E-state index contributed by atoms with van der Waals surface area (Å²) in [7, 11) is 4.58. The van der Waals surface area contributed by atoms with Crippen molar-refractivity contribution in [1.82, 2.24) is 0 Å². The second-order valence-corrected chi connectivity index (χ2v) is 4.10. The van der Waals surface area contributed by atoms with Gasteiger partial charge in [-0.25, -0.2) is 0 Å². The van der Waals surface area contributed by atoms with Crippen LogP contribution in [0.1, 0.15) is 33.3 Å². The van der Waals surface area contributed by atoms with Gasteiger partial charge < -0.3 is 10.9 Å². The standard InChI is InChI=1S/C8H20N.C8H5.Au.ClH/c1-5-9(6-2,7-3)8-4;1-2-8-6-4-3-5-7-8;;/h5-8H2,1-4H3;3-7H;;1H/q+1;-1;+1;/p-1. The maximum absolute atomic E-state index is 6.69. The fourth-order valence-corrected chi connectivity index (χ4v) is 1.86. The first-order chi connectivity index (χ1) is 9.17. The molecule has 0 N–H and O–H groups in total. The Kier molecular flexibility index (Phi) is 15.7. The minimum absolute atomic E-state index is 0.826. The average Bonchev–Trinajstić information content (AvgIpc) is 2.53. The van der Waals surface area contributed by atoms with Crippen LogP contribution in [0, 0.1) is 12.3 Å². The molecule has 0 amide bonds. The van der Waals surface area contributed by atoms with Gasteiger partial charge in [0.25, 0.3) is 0 Å². The Morgan fingerprint density at radius 1 is 0.947 bits per heavy atom. The summed E-state index contributed by atoms with van der Waals surface area (Å²) < 4.78 is 1.28. The number of quaternary nitrogens is 1. The number of nitrogens with zero attached hydrogens (tertiary/aromatic N) is 1. The Balaban J connectivity index is 0. The van der Waals surface area contributed by atoms with Crippen molar-refractivity contribution in [2.45, 2.75) is 27.7 Å². The minimum atomic E-state index is 0.826. The maximum atomic E-state index is 6.69. The van der Waals surface area contributed by atoms with Crippen molar-refractivity contribution in [3.05, 3.63) is 42.3 Å². The second kappa shape index (κ2) is 14.2. The molecule has 0 aromatic heterocycles. The van der Waals surface area contributed by atoms with E-state index in [1.807, 2.05) is 30.3 Å². The number of benzene rings is 1. The van der Waals surface area contributed by atoms with Gasteiger partial charge in [0.05, 0.1) is 26.2 Å². The fraction of sp³-hybridized carbons (Fsp3) is 0.500. The van der Waals surface area contributed by atoms with Crippen LogP contribution in [0.4, 0.5) is 0 Å². The summed E-state index contributed by atoms with van der Waals surface area (Å²) in [4.78, 5) is 0. The summed E-state index contributed by atoms with van der Waals surface area (Å²) in [5, 5.41) is 0. The molecule has 0 aliphatic carbocycles. The molecule has 0 bridgehead atoms. The van der Waals surface area contributed by atoms with Crippen molar-refractivity contribution >= 4 is 9.19 Å². The molecule has 3 heteroatoms. The molecule has 1 rings (SSSR count). The summed E-state index contributed by atoms with van der Waals surface area (Å²) in [5.41, 5.74) is 0.826. The van der Waals surface area contributed by atoms with Gasteiger partial charge in [-0.1, -0.05) is 18.2 Å². The molecule has 0 spiro atoms. The quantitative estimate of drug-likeness (QED) is 0.272. The van der Waals surface area contributed by atoms with Crippen molar-refractivity contribution in [1.29, 1.82) is 0 Å². The normalized spacial score (nSPS) is 9.37. The van der Waals surface area contributed by atoms with Gasteiger partial charge in [-0.15, -0.1) is 17.7 Å². The number of rotatable bonds is 4. The Morgan fingerprint density at radius 3 is 1.47 bits per heavy atom. The first-order valence-corrected chi connectivity index (χ1v) is 9.30. The van der Waals surface area contributed by atoms with Crippen molar-refractivity contribution in [3.63, 3.8) is 0 Å². The zero-order valence-corrected chi connectivity index (χ0v) is 15.3. The molecular formula is C16H25AuClN. The van der Waals surface area contributed by atoms with E-state index in [4.69, 9.17) is 6.42 Å². The predicted octanol–water partition coefficient (Wildman–Crippen LogP) is 4.19. The van der Waals surface area contributed by atoms with E-state index in [2.05, 4.69) is 42.8 Å². The summed E-state index contributed by atoms with van der Waals surface area (Å²) in [6.45, 7) is 14.2. The number of hydrogen-bond acceptors (Lipinski definition) is 0. The van der Waals surface area contributed by atoms with Gasteiger partial charge in [-0.05, 0) is 27.7 Å². The predicted molar refractivity (Wildman–Crippen MR) is 81.0 cm³/mol. The second-order valence-electron chi connectivity index (χ2n) is 4.10. The van der Waals surface area contributed by atoms with Crippen molar-refractivity contribution < 1.29 is 24.5 Å². The van der Waals surface area contributed by atoms with Crippen LogP contribution in [0.5, 0.6) is 0 Å². The van der Waals surface area contributed by atoms with Crippen LogP contribution in [0.3, 0.4) is 0 Å². The van der Waals surface area contributed by atoms with Crippen LogP contribution in [0.15, 0.2) is 30.3 Å². The van der Waals surface area contributed by atoms with Gasteiger partial charge in [0.15, 0.2) is 0 Å². The van der Waals surface area contributed by atoms with Crippen LogP contribution in [0.25, 0.3) is 0 Å². The summed E-state index contributed by atoms with van der Waals surface area (Å²) in [6, 6.07) is 9.37. The fourth-order valence-electron chi connectivity index (χ4n) is 1.86.